The molecule has 2 fully saturated rings. The molecule has 156 valence electrons. The van der Waals surface area contributed by atoms with E-state index in [1.54, 1.807) is 18.6 Å². The van der Waals surface area contributed by atoms with Gasteiger partial charge in [0.2, 0.25) is 0 Å². The molecule has 2 aliphatic heterocycles. The molecule has 0 radical (unpaired) electrons. The van der Waals surface area contributed by atoms with Crippen molar-refractivity contribution in [3.63, 3.8) is 0 Å². The largest absolute Gasteiger partial charge is 0.492 e. The topological polar surface area (TPSA) is 71.0 Å². The highest BCUT2D eigenvalue weighted by Crippen LogP contribution is 2.26. The van der Waals surface area contributed by atoms with Crippen LogP contribution >= 0.6 is 0 Å². The van der Waals surface area contributed by atoms with Gasteiger partial charge in [-0.05, 0) is 12.5 Å². The SMILES string of the molecule is O[C@@H]1CN(Cc2ccccc2OCCN2CCOCC2)C[C@H]1Cc1cnccn1. The van der Waals surface area contributed by atoms with E-state index in [2.05, 4.69) is 25.8 Å². The van der Waals surface area contributed by atoms with Crippen molar-refractivity contribution in [1.82, 2.24) is 19.8 Å². The quantitative estimate of drug-likeness (QED) is 0.717. The Morgan fingerprint density at radius 1 is 1.10 bits per heavy atom. The number of rotatable bonds is 8. The molecular weight excluding hydrogens is 368 g/mol. The zero-order chi connectivity index (χ0) is 19.9. The van der Waals surface area contributed by atoms with Gasteiger partial charge in [-0.1, -0.05) is 18.2 Å². The lowest BCUT2D eigenvalue weighted by Gasteiger charge is -2.26. The first-order valence-electron chi connectivity index (χ1n) is 10.4. The van der Waals surface area contributed by atoms with Crippen molar-refractivity contribution in [2.24, 2.45) is 5.92 Å². The van der Waals surface area contributed by atoms with Crippen LogP contribution in [0.15, 0.2) is 42.9 Å². The second kappa shape index (κ2) is 10.1. The van der Waals surface area contributed by atoms with Crippen LogP contribution in [0.4, 0.5) is 0 Å². The van der Waals surface area contributed by atoms with Gasteiger partial charge in [0.25, 0.3) is 0 Å². The van der Waals surface area contributed by atoms with Crippen LogP contribution in [0.3, 0.4) is 0 Å². The number of aliphatic hydroxyl groups excluding tert-OH is 1. The molecule has 1 N–H and O–H groups in total. The molecule has 4 rings (SSSR count). The van der Waals surface area contributed by atoms with E-state index in [1.165, 1.54) is 5.56 Å². The zero-order valence-electron chi connectivity index (χ0n) is 16.8. The van der Waals surface area contributed by atoms with Crippen molar-refractivity contribution in [2.75, 3.05) is 52.5 Å². The van der Waals surface area contributed by atoms with Crippen LogP contribution in [-0.4, -0.2) is 83.5 Å². The fourth-order valence-electron chi connectivity index (χ4n) is 4.10. The number of hydrogen-bond acceptors (Lipinski definition) is 7. The number of β-amino-alcohol motifs (C(OH)–C–C–N with tert-alkyl or cyclic N) is 1. The lowest BCUT2D eigenvalue weighted by Crippen LogP contribution is -2.38. The summed E-state index contributed by atoms with van der Waals surface area (Å²) in [7, 11) is 0. The van der Waals surface area contributed by atoms with Gasteiger partial charge in [0, 0.05) is 69.3 Å². The molecule has 0 aliphatic carbocycles. The molecule has 1 aromatic carbocycles. The van der Waals surface area contributed by atoms with Crippen molar-refractivity contribution in [1.29, 1.82) is 0 Å². The minimum absolute atomic E-state index is 0.182. The fourth-order valence-corrected chi connectivity index (χ4v) is 4.10. The summed E-state index contributed by atoms with van der Waals surface area (Å²) in [4.78, 5) is 13.2. The maximum Gasteiger partial charge on any atom is 0.123 e. The van der Waals surface area contributed by atoms with Crippen LogP contribution in [0.5, 0.6) is 5.75 Å². The molecular formula is C22H30N4O3. The van der Waals surface area contributed by atoms with E-state index in [9.17, 15) is 5.11 Å². The van der Waals surface area contributed by atoms with Gasteiger partial charge in [-0.2, -0.15) is 0 Å². The number of nitrogens with zero attached hydrogens (tertiary/aromatic N) is 4. The Balaban J connectivity index is 1.30. The number of aliphatic hydroxyl groups is 1. The molecule has 0 bridgehead atoms. The fraction of sp³-hybridized carbons (Fsp3) is 0.545. The van der Waals surface area contributed by atoms with Gasteiger partial charge in [0.15, 0.2) is 0 Å². The van der Waals surface area contributed by atoms with E-state index in [4.69, 9.17) is 9.47 Å². The summed E-state index contributed by atoms with van der Waals surface area (Å²) in [6.45, 7) is 7.46. The summed E-state index contributed by atoms with van der Waals surface area (Å²) in [5, 5.41) is 10.5. The van der Waals surface area contributed by atoms with E-state index in [1.807, 2.05) is 18.2 Å². The number of morpholine rings is 1. The summed E-state index contributed by atoms with van der Waals surface area (Å²) >= 11 is 0. The number of ether oxygens (including phenoxy) is 2. The smallest absolute Gasteiger partial charge is 0.123 e. The van der Waals surface area contributed by atoms with Crippen LogP contribution in [0.1, 0.15) is 11.3 Å². The molecule has 2 atom stereocenters. The minimum atomic E-state index is -0.341. The Bertz CT molecular complexity index is 755. The third-order valence-corrected chi connectivity index (χ3v) is 5.71. The van der Waals surface area contributed by atoms with E-state index >= 15 is 0 Å². The maximum absolute atomic E-state index is 10.5. The number of benzene rings is 1. The van der Waals surface area contributed by atoms with Crippen molar-refractivity contribution >= 4 is 0 Å². The minimum Gasteiger partial charge on any atom is -0.492 e. The third kappa shape index (κ3) is 5.73. The molecule has 2 aromatic rings. The highest BCUT2D eigenvalue weighted by molar-refractivity contribution is 5.33. The van der Waals surface area contributed by atoms with E-state index in [0.29, 0.717) is 13.2 Å². The summed E-state index contributed by atoms with van der Waals surface area (Å²) in [6.07, 6.45) is 5.58. The van der Waals surface area contributed by atoms with Gasteiger partial charge in [0.05, 0.1) is 25.0 Å². The van der Waals surface area contributed by atoms with E-state index < -0.39 is 0 Å². The highest BCUT2D eigenvalue weighted by atomic mass is 16.5. The Morgan fingerprint density at radius 2 is 1.97 bits per heavy atom. The Labute approximate surface area is 172 Å². The third-order valence-electron chi connectivity index (χ3n) is 5.71. The number of aromatic nitrogens is 2. The Hall–Kier alpha value is -2.06. The van der Waals surface area contributed by atoms with Gasteiger partial charge in [-0.25, -0.2) is 0 Å². The zero-order valence-corrected chi connectivity index (χ0v) is 16.8. The molecule has 0 saturated carbocycles. The summed E-state index contributed by atoms with van der Waals surface area (Å²) < 4.78 is 11.5. The first-order chi connectivity index (χ1) is 14.3. The van der Waals surface area contributed by atoms with Crippen LogP contribution in [0.25, 0.3) is 0 Å². The van der Waals surface area contributed by atoms with Crippen molar-refractivity contribution in [3.8, 4) is 5.75 Å². The average Bonchev–Trinajstić information content (AvgIpc) is 3.09. The normalized spacial score (nSPS) is 23.3. The molecule has 2 saturated heterocycles. The van der Waals surface area contributed by atoms with Gasteiger partial charge in [-0.15, -0.1) is 0 Å². The predicted molar refractivity (Wildman–Crippen MR) is 110 cm³/mol. The van der Waals surface area contributed by atoms with Gasteiger partial charge in [-0.3, -0.25) is 19.8 Å². The monoisotopic (exact) mass is 398 g/mol. The molecule has 0 unspecified atom stereocenters. The summed E-state index contributed by atoms with van der Waals surface area (Å²) in [5.41, 5.74) is 2.10. The van der Waals surface area contributed by atoms with E-state index in [-0.39, 0.29) is 12.0 Å². The van der Waals surface area contributed by atoms with Crippen molar-refractivity contribution in [3.05, 3.63) is 54.1 Å². The van der Waals surface area contributed by atoms with Gasteiger partial charge in [0.1, 0.15) is 12.4 Å². The molecule has 0 spiro atoms. The van der Waals surface area contributed by atoms with Crippen molar-refractivity contribution in [2.45, 2.75) is 19.1 Å². The molecule has 7 nitrogen and oxygen atoms in total. The molecule has 1 aromatic heterocycles. The first-order valence-corrected chi connectivity index (χ1v) is 10.4. The van der Waals surface area contributed by atoms with Crippen LogP contribution in [0.2, 0.25) is 0 Å². The second-order valence-electron chi connectivity index (χ2n) is 7.83. The summed E-state index contributed by atoms with van der Waals surface area (Å²) in [5.74, 6) is 1.12. The predicted octanol–water partition coefficient (Wildman–Crippen LogP) is 1.22. The second-order valence-corrected chi connectivity index (χ2v) is 7.83. The van der Waals surface area contributed by atoms with Gasteiger partial charge >= 0.3 is 0 Å². The molecule has 3 heterocycles. The maximum atomic E-state index is 10.5. The molecule has 2 aliphatic rings. The van der Waals surface area contributed by atoms with E-state index in [0.717, 1.165) is 63.8 Å². The molecule has 7 heteroatoms. The lowest BCUT2D eigenvalue weighted by atomic mass is 10.0. The number of hydrogen-bond donors (Lipinski definition) is 1. The Morgan fingerprint density at radius 3 is 2.79 bits per heavy atom. The van der Waals surface area contributed by atoms with Crippen molar-refractivity contribution < 1.29 is 14.6 Å². The highest BCUT2D eigenvalue weighted by Gasteiger charge is 2.32. The average molecular weight is 399 g/mol. The van der Waals surface area contributed by atoms with Crippen LogP contribution < -0.4 is 4.74 Å². The van der Waals surface area contributed by atoms with Crippen LogP contribution in [0, 0.1) is 5.92 Å². The van der Waals surface area contributed by atoms with Crippen LogP contribution in [-0.2, 0) is 17.7 Å². The molecule has 0 amide bonds. The standard InChI is InChI=1S/C22H30N4O3/c27-21-17-26(16-19(21)13-20-14-23-5-6-24-20)15-18-3-1-2-4-22(18)29-12-9-25-7-10-28-11-8-25/h1-6,14,19,21,27H,7-13,15-17H2/t19-,21-/m1/s1. The number of para-hydroxylation sites is 1. The molecule has 29 heavy (non-hydrogen) atoms. The van der Waals surface area contributed by atoms with Gasteiger partial charge < -0.3 is 14.6 Å². The lowest BCUT2D eigenvalue weighted by molar-refractivity contribution is 0.0321. The number of likely N-dealkylation sites (tertiary alicyclic amines) is 1. The Kier molecular flexibility index (Phi) is 7.05. The summed E-state index contributed by atoms with van der Waals surface area (Å²) in [6, 6.07) is 8.22. The first kappa shape index (κ1) is 20.2.